The number of nitrogens with zero attached hydrogens (tertiary/aromatic N) is 4. The number of amides is 1. The van der Waals surface area contributed by atoms with Crippen molar-refractivity contribution >= 4 is 5.91 Å². The Labute approximate surface area is 179 Å². The molecule has 2 fully saturated rings. The summed E-state index contributed by atoms with van der Waals surface area (Å²) in [5.74, 6) is 0.264. The summed E-state index contributed by atoms with van der Waals surface area (Å²) in [4.78, 5) is 25.3. The molecule has 2 aromatic heterocycles. The van der Waals surface area contributed by atoms with Crippen LogP contribution in [0.1, 0.15) is 36.8 Å². The number of rotatable bonds is 7. The predicted molar refractivity (Wildman–Crippen MR) is 116 cm³/mol. The minimum Gasteiger partial charge on any atom is -0.376 e. The number of ether oxygens (including phenoxy) is 1. The summed E-state index contributed by atoms with van der Waals surface area (Å²) in [7, 11) is 2.14. The van der Waals surface area contributed by atoms with Crippen molar-refractivity contribution in [3.05, 3.63) is 60.2 Å². The number of pyridine rings is 2. The van der Waals surface area contributed by atoms with Crippen molar-refractivity contribution < 1.29 is 9.53 Å². The van der Waals surface area contributed by atoms with E-state index >= 15 is 0 Å². The van der Waals surface area contributed by atoms with Crippen molar-refractivity contribution in [1.29, 1.82) is 0 Å². The van der Waals surface area contributed by atoms with Crippen molar-refractivity contribution in [2.75, 3.05) is 33.3 Å². The van der Waals surface area contributed by atoms with Gasteiger partial charge in [0.15, 0.2) is 0 Å². The fourth-order valence-electron chi connectivity index (χ4n) is 4.76. The molecule has 4 rings (SSSR count). The molecule has 6 heteroatoms. The van der Waals surface area contributed by atoms with Gasteiger partial charge in [-0.05, 0) is 61.4 Å². The van der Waals surface area contributed by atoms with Gasteiger partial charge >= 0.3 is 0 Å². The topological polar surface area (TPSA) is 58.6 Å². The Morgan fingerprint density at radius 1 is 1.17 bits per heavy atom. The Bertz CT molecular complexity index is 806. The molecule has 0 saturated carbocycles. The van der Waals surface area contributed by atoms with Gasteiger partial charge in [-0.1, -0.05) is 12.1 Å². The van der Waals surface area contributed by atoms with Crippen LogP contribution in [0.4, 0.5) is 0 Å². The summed E-state index contributed by atoms with van der Waals surface area (Å²) in [5.41, 5.74) is 2.60. The van der Waals surface area contributed by atoms with Crippen LogP contribution in [0.25, 0.3) is 0 Å². The predicted octanol–water partition coefficient (Wildman–Crippen LogP) is 2.94. The minimum absolute atomic E-state index is 0.250. The maximum Gasteiger partial charge on any atom is 0.222 e. The number of carbonyl (C=O) groups excluding carboxylic acids is 1. The Balaban J connectivity index is 1.20. The third-order valence-corrected chi connectivity index (χ3v) is 6.50. The number of hydrogen-bond donors (Lipinski definition) is 0. The second-order valence-corrected chi connectivity index (χ2v) is 8.94. The average molecular weight is 409 g/mol. The number of piperidine rings is 1. The van der Waals surface area contributed by atoms with Gasteiger partial charge in [0.2, 0.25) is 5.91 Å². The first-order valence-electron chi connectivity index (χ1n) is 11.0. The van der Waals surface area contributed by atoms with Crippen LogP contribution in [-0.4, -0.2) is 65.1 Å². The van der Waals surface area contributed by atoms with Gasteiger partial charge in [0.25, 0.3) is 0 Å². The number of aromatic nitrogens is 2. The van der Waals surface area contributed by atoms with Crippen LogP contribution in [-0.2, 0) is 22.5 Å². The van der Waals surface area contributed by atoms with E-state index < -0.39 is 0 Å². The van der Waals surface area contributed by atoms with Crippen LogP contribution in [0.3, 0.4) is 0 Å². The number of carbonyl (C=O) groups is 1. The normalized spacial score (nSPS) is 20.7. The van der Waals surface area contributed by atoms with Gasteiger partial charge in [-0.3, -0.25) is 19.7 Å². The molecule has 1 amide bonds. The van der Waals surface area contributed by atoms with Crippen molar-refractivity contribution in [1.82, 2.24) is 19.8 Å². The molecular weight excluding hydrogens is 376 g/mol. The summed E-state index contributed by atoms with van der Waals surface area (Å²) in [6.45, 7) is 4.36. The highest BCUT2D eigenvalue weighted by Gasteiger charge is 2.43. The summed E-state index contributed by atoms with van der Waals surface area (Å²) in [6, 6.07) is 8.06. The molecule has 1 unspecified atom stereocenters. The fourth-order valence-corrected chi connectivity index (χ4v) is 4.76. The van der Waals surface area contributed by atoms with Crippen molar-refractivity contribution in [3.8, 4) is 0 Å². The summed E-state index contributed by atoms with van der Waals surface area (Å²) in [5, 5.41) is 0. The van der Waals surface area contributed by atoms with Gasteiger partial charge in [0.05, 0.1) is 12.7 Å². The van der Waals surface area contributed by atoms with Crippen molar-refractivity contribution in [2.45, 2.75) is 44.8 Å². The van der Waals surface area contributed by atoms with E-state index in [1.54, 1.807) is 6.20 Å². The SMILES string of the molecule is CN(Cc1cccnc1)CC1CC2(CCN(C(=O)CCc3cccnc3)CC2)CO1. The molecule has 30 heavy (non-hydrogen) atoms. The molecule has 1 atom stereocenters. The number of hydrogen-bond acceptors (Lipinski definition) is 5. The number of aryl methyl sites for hydroxylation is 1. The molecule has 1 spiro atoms. The first-order valence-corrected chi connectivity index (χ1v) is 11.0. The van der Waals surface area contributed by atoms with E-state index in [0.29, 0.717) is 6.42 Å². The summed E-state index contributed by atoms with van der Waals surface area (Å²) < 4.78 is 6.19. The van der Waals surface area contributed by atoms with Gasteiger partial charge < -0.3 is 9.64 Å². The standard InChI is InChI=1S/C24H32N4O2/c1-27(17-21-5-3-11-26-16-21)18-22-14-24(19-30-22)8-12-28(13-9-24)23(29)7-6-20-4-2-10-25-15-20/h2-5,10-11,15-16,22H,6-9,12-14,17-19H2,1H3. The molecular formula is C24H32N4O2. The third kappa shape index (κ3) is 5.43. The molecule has 2 aliphatic rings. The van der Waals surface area contributed by atoms with Gasteiger partial charge in [-0.25, -0.2) is 0 Å². The smallest absolute Gasteiger partial charge is 0.222 e. The molecule has 0 radical (unpaired) electrons. The first-order chi connectivity index (χ1) is 14.6. The van der Waals surface area contributed by atoms with Gasteiger partial charge in [-0.2, -0.15) is 0 Å². The van der Waals surface area contributed by atoms with Crippen molar-refractivity contribution in [3.63, 3.8) is 0 Å². The quantitative estimate of drug-likeness (QED) is 0.705. The molecule has 2 aliphatic heterocycles. The van der Waals surface area contributed by atoms with Gasteiger partial charge in [-0.15, -0.1) is 0 Å². The maximum absolute atomic E-state index is 12.6. The van der Waals surface area contributed by atoms with Crippen LogP contribution < -0.4 is 0 Å². The lowest BCUT2D eigenvalue weighted by molar-refractivity contribution is -0.133. The van der Waals surface area contributed by atoms with E-state index in [4.69, 9.17) is 4.74 Å². The van der Waals surface area contributed by atoms with Gasteiger partial charge in [0, 0.05) is 57.4 Å². The van der Waals surface area contributed by atoms with Crippen molar-refractivity contribution in [2.24, 2.45) is 5.41 Å². The lowest BCUT2D eigenvalue weighted by Gasteiger charge is -2.38. The Hall–Kier alpha value is -2.31. The zero-order valence-corrected chi connectivity index (χ0v) is 17.9. The van der Waals surface area contributed by atoms with E-state index in [0.717, 1.165) is 64.0 Å². The van der Waals surface area contributed by atoms with Gasteiger partial charge in [0.1, 0.15) is 0 Å². The Morgan fingerprint density at radius 2 is 1.87 bits per heavy atom. The first kappa shape index (κ1) is 20.9. The fraction of sp³-hybridized carbons (Fsp3) is 0.542. The number of likely N-dealkylation sites (N-methyl/N-ethyl adjacent to an activating group) is 1. The summed E-state index contributed by atoms with van der Waals surface area (Å²) >= 11 is 0. The van der Waals surface area contributed by atoms with Crippen LogP contribution in [0.2, 0.25) is 0 Å². The highest BCUT2D eigenvalue weighted by molar-refractivity contribution is 5.76. The van der Waals surface area contributed by atoms with E-state index in [1.165, 1.54) is 5.56 Å². The molecule has 6 nitrogen and oxygen atoms in total. The second-order valence-electron chi connectivity index (χ2n) is 8.94. The third-order valence-electron chi connectivity index (χ3n) is 6.50. The molecule has 2 saturated heterocycles. The molecule has 4 heterocycles. The van der Waals surface area contributed by atoms with Crippen LogP contribution >= 0.6 is 0 Å². The van der Waals surface area contributed by atoms with Crippen LogP contribution in [0.15, 0.2) is 49.1 Å². The van der Waals surface area contributed by atoms with E-state index in [9.17, 15) is 4.79 Å². The average Bonchev–Trinajstić information content (AvgIpc) is 3.15. The van der Waals surface area contributed by atoms with E-state index in [-0.39, 0.29) is 17.4 Å². The largest absolute Gasteiger partial charge is 0.376 e. The highest BCUT2D eigenvalue weighted by atomic mass is 16.5. The van der Waals surface area contributed by atoms with Crippen LogP contribution in [0.5, 0.6) is 0 Å². The molecule has 0 aromatic carbocycles. The Kier molecular flexibility index (Phi) is 6.75. The molecule has 0 aliphatic carbocycles. The maximum atomic E-state index is 12.6. The minimum atomic E-state index is 0.250. The molecule has 0 bridgehead atoms. The van der Waals surface area contributed by atoms with E-state index in [1.807, 2.05) is 41.7 Å². The zero-order chi connectivity index (χ0) is 20.8. The molecule has 160 valence electrons. The second kappa shape index (κ2) is 9.67. The lowest BCUT2D eigenvalue weighted by atomic mass is 9.76. The van der Waals surface area contributed by atoms with E-state index in [2.05, 4.69) is 28.0 Å². The Morgan fingerprint density at radius 3 is 2.53 bits per heavy atom. The molecule has 0 N–H and O–H groups in total. The molecule has 2 aromatic rings. The highest BCUT2D eigenvalue weighted by Crippen LogP contribution is 2.42. The zero-order valence-electron chi connectivity index (χ0n) is 17.9. The number of likely N-dealkylation sites (tertiary alicyclic amines) is 1. The van der Waals surface area contributed by atoms with Crippen LogP contribution in [0, 0.1) is 5.41 Å². The summed E-state index contributed by atoms with van der Waals surface area (Å²) in [6.07, 6.45) is 12.2. The lowest BCUT2D eigenvalue weighted by Crippen LogP contribution is -2.43. The monoisotopic (exact) mass is 408 g/mol.